The Morgan fingerprint density at radius 3 is 2.81 bits per heavy atom. The number of aliphatic hydroxyl groups is 1. The fourth-order valence-corrected chi connectivity index (χ4v) is 4.33. The molecule has 27 heavy (non-hydrogen) atoms. The second kappa shape index (κ2) is 6.37. The smallest absolute Gasteiger partial charge is 0.257 e. The van der Waals surface area contributed by atoms with Crippen molar-refractivity contribution in [2.45, 2.75) is 55.9 Å². The number of aliphatic hydroxyl groups excluding tert-OH is 1. The van der Waals surface area contributed by atoms with Crippen LogP contribution in [0.15, 0.2) is 48.9 Å². The molecule has 3 atom stereocenters. The molecule has 7 heteroatoms. The van der Waals surface area contributed by atoms with Crippen molar-refractivity contribution in [1.29, 1.82) is 0 Å². The number of aromatic nitrogens is 2. The highest BCUT2D eigenvalue weighted by atomic mass is 16.6. The standard InChI is InChI=1S/C20H21N3O4/c24-17-8-16(15-11-21-6-7-22-15)23-18(17)27-20(19(23)25)9-14(10-20)26-12-13-4-2-1-3-5-13/h1-7,11,14,16-18,24H,8-10,12H2/t14?,16-,17-,18+,20?/m0/s1. The molecule has 7 nitrogen and oxygen atoms in total. The van der Waals surface area contributed by atoms with E-state index in [0.29, 0.717) is 31.6 Å². The lowest BCUT2D eigenvalue weighted by Gasteiger charge is -2.42. The van der Waals surface area contributed by atoms with Crippen LogP contribution in [-0.2, 0) is 20.9 Å². The molecule has 3 fully saturated rings. The van der Waals surface area contributed by atoms with Crippen LogP contribution in [0.2, 0.25) is 0 Å². The Morgan fingerprint density at radius 2 is 2.07 bits per heavy atom. The maximum atomic E-state index is 13.1. The first-order valence-electron chi connectivity index (χ1n) is 9.26. The Bertz CT molecular complexity index is 826. The van der Waals surface area contributed by atoms with Gasteiger partial charge in [0.1, 0.15) is 6.10 Å². The van der Waals surface area contributed by atoms with Crippen molar-refractivity contribution in [2.75, 3.05) is 0 Å². The van der Waals surface area contributed by atoms with Crippen LogP contribution in [0.5, 0.6) is 0 Å². The van der Waals surface area contributed by atoms with Crippen molar-refractivity contribution < 1.29 is 19.4 Å². The molecule has 3 aliphatic rings. The maximum absolute atomic E-state index is 13.1. The van der Waals surface area contributed by atoms with Gasteiger partial charge in [-0.15, -0.1) is 0 Å². The maximum Gasteiger partial charge on any atom is 0.257 e. The van der Waals surface area contributed by atoms with Crippen LogP contribution in [0.1, 0.15) is 36.6 Å². The zero-order valence-electron chi connectivity index (χ0n) is 14.8. The van der Waals surface area contributed by atoms with Crippen molar-refractivity contribution in [2.24, 2.45) is 0 Å². The van der Waals surface area contributed by atoms with Crippen molar-refractivity contribution >= 4 is 5.91 Å². The second-order valence-electron chi connectivity index (χ2n) is 7.49. The molecule has 1 spiro atoms. The molecule has 1 saturated carbocycles. The summed E-state index contributed by atoms with van der Waals surface area (Å²) in [7, 11) is 0. The molecule has 3 heterocycles. The Labute approximate surface area is 157 Å². The molecule has 2 saturated heterocycles. The third-order valence-electron chi connectivity index (χ3n) is 5.74. The molecule has 0 unspecified atom stereocenters. The minimum absolute atomic E-state index is 0.0127. The van der Waals surface area contributed by atoms with Gasteiger partial charge in [-0.1, -0.05) is 30.3 Å². The van der Waals surface area contributed by atoms with Gasteiger partial charge in [-0.2, -0.15) is 0 Å². The molecular weight excluding hydrogens is 346 g/mol. The van der Waals surface area contributed by atoms with Crippen LogP contribution in [0, 0.1) is 0 Å². The Morgan fingerprint density at radius 1 is 1.26 bits per heavy atom. The second-order valence-corrected chi connectivity index (χ2v) is 7.49. The van der Waals surface area contributed by atoms with E-state index >= 15 is 0 Å². The molecule has 2 aliphatic heterocycles. The van der Waals surface area contributed by atoms with Crippen molar-refractivity contribution in [3.05, 3.63) is 60.2 Å². The molecule has 1 amide bonds. The van der Waals surface area contributed by atoms with Gasteiger partial charge in [0.15, 0.2) is 11.8 Å². The van der Waals surface area contributed by atoms with Gasteiger partial charge in [-0.3, -0.25) is 14.8 Å². The van der Waals surface area contributed by atoms with E-state index in [1.807, 2.05) is 30.3 Å². The van der Waals surface area contributed by atoms with Gasteiger partial charge in [0.05, 0.1) is 30.6 Å². The van der Waals surface area contributed by atoms with Crippen LogP contribution in [0.4, 0.5) is 0 Å². The summed E-state index contributed by atoms with van der Waals surface area (Å²) in [6, 6.07) is 9.67. The van der Waals surface area contributed by atoms with Gasteiger partial charge >= 0.3 is 0 Å². The predicted molar refractivity (Wildman–Crippen MR) is 94.1 cm³/mol. The lowest BCUT2D eigenvalue weighted by Crippen LogP contribution is -2.55. The van der Waals surface area contributed by atoms with Gasteiger partial charge < -0.3 is 19.5 Å². The lowest BCUT2D eigenvalue weighted by atomic mass is 9.76. The highest BCUT2D eigenvalue weighted by molar-refractivity contribution is 5.89. The monoisotopic (exact) mass is 367 g/mol. The van der Waals surface area contributed by atoms with E-state index in [4.69, 9.17) is 9.47 Å². The van der Waals surface area contributed by atoms with Crippen LogP contribution in [0.25, 0.3) is 0 Å². The van der Waals surface area contributed by atoms with Gasteiger partial charge in [0.25, 0.3) is 5.91 Å². The first-order valence-corrected chi connectivity index (χ1v) is 9.26. The zero-order valence-corrected chi connectivity index (χ0v) is 14.8. The van der Waals surface area contributed by atoms with E-state index in [0.717, 1.165) is 5.56 Å². The van der Waals surface area contributed by atoms with E-state index in [1.54, 1.807) is 23.5 Å². The third kappa shape index (κ3) is 2.74. The molecular formula is C20H21N3O4. The van der Waals surface area contributed by atoms with Crippen molar-refractivity contribution in [3.63, 3.8) is 0 Å². The number of fused-ring (bicyclic) bond motifs is 1. The summed E-state index contributed by atoms with van der Waals surface area (Å²) < 4.78 is 12.0. The molecule has 0 bridgehead atoms. The highest BCUT2D eigenvalue weighted by Gasteiger charge is 2.65. The molecule has 1 aromatic carbocycles. The summed E-state index contributed by atoms with van der Waals surface area (Å²) in [5.74, 6) is -0.0701. The van der Waals surface area contributed by atoms with Crippen LogP contribution < -0.4 is 0 Å². The van der Waals surface area contributed by atoms with Gasteiger partial charge in [-0.05, 0) is 5.56 Å². The molecule has 1 aromatic heterocycles. The average molecular weight is 367 g/mol. The van der Waals surface area contributed by atoms with Crippen molar-refractivity contribution in [3.8, 4) is 0 Å². The lowest BCUT2D eigenvalue weighted by molar-refractivity contribution is -0.186. The number of carbonyl (C=O) groups is 1. The summed E-state index contributed by atoms with van der Waals surface area (Å²) in [6.07, 6.45) is 4.95. The van der Waals surface area contributed by atoms with Gasteiger partial charge in [0, 0.05) is 31.7 Å². The molecule has 5 rings (SSSR count). The van der Waals surface area contributed by atoms with Crippen LogP contribution in [0.3, 0.4) is 0 Å². The van der Waals surface area contributed by atoms with Gasteiger partial charge in [0.2, 0.25) is 0 Å². The third-order valence-corrected chi connectivity index (χ3v) is 5.74. The Hall–Kier alpha value is -2.35. The Balaban J connectivity index is 1.27. The minimum Gasteiger partial charge on any atom is -0.388 e. The molecule has 0 radical (unpaired) electrons. The summed E-state index contributed by atoms with van der Waals surface area (Å²) in [5, 5.41) is 10.4. The molecule has 140 valence electrons. The molecule has 1 N–H and O–H groups in total. The number of rotatable bonds is 4. The quantitative estimate of drug-likeness (QED) is 0.883. The summed E-state index contributed by atoms with van der Waals surface area (Å²) in [5.41, 5.74) is 0.925. The summed E-state index contributed by atoms with van der Waals surface area (Å²) >= 11 is 0. The number of nitrogens with zero attached hydrogens (tertiary/aromatic N) is 3. The van der Waals surface area contributed by atoms with E-state index in [1.165, 1.54) is 0 Å². The van der Waals surface area contributed by atoms with E-state index in [-0.39, 0.29) is 18.1 Å². The summed E-state index contributed by atoms with van der Waals surface area (Å²) in [4.78, 5) is 23.2. The minimum atomic E-state index is -0.867. The van der Waals surface area contributed by atoms with E-state index < -0.39 is 17.9 Å². The fraction of sp³-hybridized carbons (Fsp3) is 0.450. The number of benzene rings is 1. The Kier molecular flexibility index (Phi) is 3.96. The molecule has 2 aromatic rings. The van der Waals surface area contributed by atoms with E-state index in [9.17, 15) is 9.90 Å². The zero-order chi connectivity index (χ0) is 18.4. The SMILES string of the molecule is O=C1N2[C@H](OC13CC(OCc1ccccc1)C3)[C@@H](O)C[C@H]2c1cnccn1. The van der Waals surface area contributed by atoms with Crippen molar-refractivity contribution in [1.82, 2.24) is 14.9 Å². The fourth-order valence-electron chi connectivity index (χ4n) is 4.33. The van der Waals surface area contributed by atoms with E-state index in [2.05, 4.69) is 9.97 Å². The normalized spacial score (nSPS) is 34.7. The number of hydrogen-bond donors (Lipinski definition) is 1. The molecule has 1 aliphatic carbocycles. The first-order chi connectivity index (χ1) is 13.2. The predicted octanol–water partition coefficient (Wildman–Crippen LogP) is 1.59. The highest BCUT2D eigenvalue weighted by Crippen LogP contribution is 2.51. The topological polar surface area (TPSA) is 84.8 Å². The number of amides is 1. The van der Waals surface area contributed by atoms with Gasteiger partial charge in [-0.25, -0.2) is 0 Å². The number of ether oxygens (including phenoxy) is 2. The number of hydrogen-bond acceptors (Lipinski definition) is 6. The van der Waals surface area contributed by atoms with Crippen LogP contribution >= 0.6 is 0 Å². The average Bonchev–Trinajstić information content (AvgIpc) is 3.16. The summed E-state index contributed by atoms with van der Waals surface area (Å²) in [6.45, 7) is 0.522. The van der Waals surface area contributed by atoms with Crippen LogP contribution in [-0.4, -0.2) is 49.9 Å². The number of carbonyl (C=O) groups excluding carboxylic acids is 1. The first kappa shape index (κ1) is 16.8. The largest absolute Gasteiger partial charge is 0.388 e.